The van der Waals surface area contributed by atoms with Gasteiger partial charge in [0.05, 0.1) is 12.0 Å². The van der Waals surface area contributed by atoms with Crippen molar-refractivity contribution in [2.24, 2.45) is 22.7 Å². The third kappa shape index (κ3) is 1.74. The van der Waals surface area contributed by atoms with Crippen molar-refractivity contribution in [1.29, 1.82) is 5.26 Å². The minimum atomic E-state index is 0.0395. The van der Waals surface area contributed by atoms with E-state index in [2.05, 4.69) is 33.8 Å². The fourth-order valence-electron chi connectivity index (χ4n) is 3.28. The first-order valence-corrected chi connectivity index (χ1v) is 6.50. The Labute approximate surface area is 104 Å². The SMILES string of the molecule is CC1(C)C(C(=O)N2CCCC(C#N)C2)C1(C)C. The van der Waals surface area contributed by atoms with E-state index in [1.165, 1.54) is 0 Å². The Kier molecular flexibility index (Phi) is 2.72. The maximum Gasteiger partial charge on any atom is 0.226 e. The fraction of sp³-hybridized carbons (Fsp3) is 0.857. The standard InChI is InChI=1S/C14H22N2O/c1-13(2)11(14(13,3)4)12(17)16-7-5-6-10(8-15)9-16/h10-11H,5-7,9H2,1-4H3. The summed E-state index contributed by atoms with van der Waals surface area (Å²) in [6.45, 7) is 10.1. The van der Waals surface area contributed by atoms with Gasteiger partial charge in [0.1, 0.15) is 0 Å². The average Bonchev–Trinajstić information content (AvgIpc) is 2.69. The maximum atomic E-state index is 12.5. The molecule has 2 fully saturated rings. The smallest absolute Gasteiger partial charge is 0.226 e. The van der Waals surface area contributed by atoms with Crippen LogP contribution in [-0.2, 0) is 4.79 Å². The van der Waals surface area contributed by atoms with Crippen LogP contribution in [0.25, 0.3) is 0 Å². The van der Waals surface area contributed by atoms with Crippen LogP contribution in [0, 0.1) is 34.0 Å². The summed E-state index contributed by atoms with van der Waals surface area (Å²) in [5.74, 6) is 0.435. The van der Waals surface area contributed by atoms with Crippen LogP contribution in [0.1, 0.15) is 40.5 Å². The van der Waals surface area contributed by atoms with Gasteiger partial charge in [-0.3, -0.25) is 4.79 Å². The molecule has 1 atom stereocenters. The highest BCUT2D eigenvalue weighted by atomic mass is 16.2. The molecule has 2 aliphatic rings. The molecule has 1 aliphatic heterocycles. The van der Waals surface area contributed by atoms with Gasteiger partial charge in [-0.25, -0.2) is 0 Å². The van der Waals surface area contributed by atoms with Crippen molar-refractivity contribution in [3.05, 3.63) is 0 Å². The molecule has 17 heavy (non-hydrogen) atoms. The molecule has 0 N–H and O–H groups in total. The number of hydrogen-bond donors (Lipinski definition) is 0. The molecule has 0 aromatic carbocycles. The second-order valence-corrected chi connectivity index (χ2v) is 6.63. The van der Waals surface area contributed by atoms with E-state index in [1.807, 2.05) is 4.90 Å². The number of nitriles is 1. The van der Waals surface area contributed by atoms with Crippen LogP contribution >= 0.6 is 0 Å². The van der Waals surface area contributed by atoms with E-state index in [-0.39, 0.29) is 28.6 Å². The largest absolute Gasteiger partial charge is 0.341 e. The number of carbonyl (C=O) groups excluding carboxylic acids is 1. The molecule has 3 nitrogen and oxygen atoms in total. The predicted octanol–water partition coefficient (Wildman–Crippen LogP) is 2.43. The molecule has 3 heteroatoms. The molecule has 0 bridgehead atoms. The maximum absolute atomic E-state index is 12.5. The van der Waals surface area contributed by atoms with Crippen molar-refractivity contribution in [3.63, 3.8) is 0 Å². The summed E-state index contributed by atoms with van der Waals surface area (Å²) in [7, 11) is 0. The van der Waals surface area contributed by atoms with Gasteiger partial charge in [0, 0.05) is 19.0 Å². The Balaban J connectivity index is 2.05. The molecule has 1 heterocycles. The van der Waals surface area contributed by atoms with Crippen LogP contribution in [-0.4, -0.2) is 23.9 Å². The van der Waals surface area contributed by atoms with Crippen LogP contribution < -0.4 is 0 Å². The highest BCUT2D eigenvalue weighted by molar-refractivity contribution is 5.84. The number of rotatable bonds is 1. The Morgan fingerprint density at radius 1 is 1.29 bits per heavy atom. The Hall–Kier alpha value is -1.04. The lowest BCUT2D eigenvalue weighted by Gasteiger charge is -2.30. The summed E-state index contributed by atoms with van der Waals surface area (Å²) < 4.78 is 0. The second kappa shape index (κ2) is 3.73. The minimum absolute atomic E-state index is 0.0395. The number of nitrogens with zero attached hydrogens (tertiary/aromatic N) is 2. The molecule has 1 unspecified atom stereocenters. The number of likely N-dealkylation sites (tertiary alicyclic amines) is 1. The van der Waals surface area contributed by atoms with Gasteiger partial charge in [0.2, 0.25) is 5.91 Å². The van der Waals surface area contributed by atoms with Gasteiger partial charge in [-0.1, -0.05) is 27.7 Å². The lowest BCUT2D eigenvalue weighted by Crippen LogP contribution is -2.41. The first-order valence-electron chi connectivity index (χ1n) is 6.50. The summed E-state index contributed by atoms with van der Waals surface area (Å²) in [4.78, 5) is 14.4. The van der Waals surface area contributed by atoms with E-state index in [1.54, 1.807) is 0 Å². The van der Waals surface area contributed by atoms with E-state index in [4.69, 9.17) is 5.26 Å². The summed E-state index contributed by atoms with van der Waals surface area (Å²) in [5, 5.41) is 8.96. The molecule has 0 spiro atoms. The van der Waals surface area contributed by atoms with E-state index in [0.717, 1.165) is 19.4 Å². The molecule has 0 aromatic heterocycles. The van der Waals surface area contributed by atoms with Crippen molar-refractivity contribution in [3.8, 4) is 6.07 Å². The fourth-order valence-corrected chi connectivity index (χ4v) is 3.28. The van der Waals surface area contributed by atoms with Crippen LogP contribution in [0.2, 0.25) is 0 Å². The molecule has 1 saturated carbocycles. The number of hydrogen-bond acceptors (Lipinski definition) is 2. The third-order valence-corrected chi connectivity index (χ3v) is 5.18. The molecular formula is C14H22N2O. The normalized spacial score (nSPS) is 30.8. The van der Waals surface area contributed by atoms with Crippen molar-refractivity contribution in [2.45, 2.75) is 40.5 Å². The summed E-state index contributed by atoms with van der Waals surface area (Å²) in [6.07, 6.45) is 1.91. The highest BCUT2D eigenvalue weighted by Gasteiger charge is 2.68. The second-order valence-electron chi connectivity index (χ2n) is 6.63. The van der Waals surface area contributed by atoms with Crippen LogP contribution in [0.4, 0.5) is 0 Å². The van der Waals surface area contributed by atoms with E-state index in [0.29, 0.717) is 6.54 Å². The molecule has 0 aromatic rings. The summed E-state index contributed by atoms with van der Waals surface area (Å²) in [5.41, 5.74) is 0.202. The highest BCUT2D eigenvalue weighted by Crippen LogP contribution is 2.68. The first-order chi connectivity index (χ1) is 7.82. The van der Waals surface area contributed by atoms with Crippen LogP contribution in [0.15, 0.2) is 0 Å². The van der Waals surface area contributed by atoms with Crippen molar-refractivity contribution >= 4 is 5.91 Å². The van der Waals surface area contributed by atoms with Crippen LogP contribution in [0.5, 0.6) is 0 Å². The van der Waals surface area contributed by atoms with Crippen molar-refractivity contribution < 1.29 is 4.79 Å². The molecule has 2 rings (SSSR count). The van der Waals surface area contributed by atoms with Crippen molar-refractivity contribution in [1.82, 2.24) is 4.90 Å². The van der Waals surface area contributed by atoms with Crippen LogP contribution in [0.3, 0.4) is 0 Å². The minimum Gasteiger partial charge on any atom is -0.341 e. The zero-order valence-corrected chi connectivity index (χ0v) is 11.3. The lowest BCUT2D eigenvalue weighted by molar-refractivity contribution is -0.135. The molecular weight excluding hydrogens is 212 g/mol. The monoisotopic (exact) mass is 234 g/mol. The predicted molar refractivity (Wildman–Crippen MR) is 66.0 cm³/mol. The molecule has 1 amide bonds. The average molecular weight is 234 g/mol. The van der Waals surface area contributed by atoms with Gasteiger partial charge in [-0.2, -0.15) is 5.26 Å². The van der Waals surface area contributed by atoms with Gasteiger partial charge >= 0.3 is 0 Å². The van der Waals surface area contributed by atoms with E-state index in [9.17, 15) is 4.79 Å². The van der Waals surface area contributed by atoms with E-state index >= 15 is 0 Å². The lowest BCUT2D eigenvalue weighted by atomic mass is 9.98. The van der Waals surface area contributed by atoms with Gasteiger partial charge in [-0.15, -0.1) is 0 Å². The van der Waals surface area contributed by atoms with Crippen molar-refractivity contribution in [2.75, 3.05) is 13.1 Å². The Bertz CT molecular complexity index is 364. The van der Waals surface area contributed by atoms with E-state index < -0.39 is 0 Å². The number of amides is 1. The summed E-state index contributed by atoms with van der Waals surface area (Å²) in [6, 6.07) is 2.30. The zero-order valence-electron chi connectivity index (χ0n) is 11.3. The van der Waals surface area contributed by atoms with Gasteiger partial charge in [-0.05, 0) is 23.7 Å². The van der Waals surface area contributed by atoms with Gasteiger partial charge in [0.15, 0.2) is 0 Å². The van der Waals surface area contributed by atoms with Gasteiger partial charge < -0.3 is 4.90 Å². The molecule has 94 valence electrons. The number of carbonyl (C=O) groups is 1. The third-order valence-electron chi connectivity index (χ3n) is 5.18. The number of piperidine rings is 1. The Morgan fingerprint density at radius 2 is 1.88 bits per heavy atom. The quantitative estimate of drug-likeness (QED) is 0.699. The molecule has 0 radical (unpaired) electrons. The summed E-state index contributed by atoms with van der Waals surface area (Å²) >= 11 is 0. The van der Waals surface area contributed by atoms with Gasteiger partial charge in [0.25, 0.3) is 0 Å². The zero-order chi connectivity index (χ0) is 12.8. The Morgan fingerprint density at radius 3 is 2.35 bits per heavy atom. The molecule has 1 saturated heterocycles. The molecule has 1 aliphatic carbocycles. The topological polar surface area (TPSA) is 44.1 Å². The first kappa shape index (κ1) is 12.4.